The lowest BCUT2D eigenvalue weighted by Gasteiger charge is -2.18. The van der Waals surface area contributed by atoms with Crippen molar-refractivity contribution in [2.45, 2.75) is 19.4 Å². The number of benzene rings is 1. The van der Waals surface area contributed by atoms with E-state index in [4.69, 9.17) is 17.0 Å². The summed E-state index contributed by atoms with van der Waals surface area (Å²) in [6.45, 7) is 3.01. The molecule has 5 nitrogen and oxygen atoms in total. The molecule has 3 rings (SSSR count). The number of nitrogens with zero attached hydrogens (tertiary/aromatic N) is 2. The Labute approximate surface area is 148 Å². The highest BCUT2D eigenvalue weighted by Gasteiger charge is 2.11. The summed E-state index contributed by atoms with van der Waals surface area (Å²) >= 11 is 5.34. The topological polar surface area (TPSA) is 49.4 Å². The summed E-state index contributed by atoms with van der Waals surface area (Å²) in [4.78, 5) is 6.57. The molecule has 2 heterocycles. The average Bonchev–Trinajstić information content (AvgIpc) is 3.15. The van der Waals surface area contributed by atoms with Crippen LogP contribution in [0.25, 0.3) is 0 Å². The molecule has 0 amide bonds. The van der Waals surface area contributed by atoms with Gasteiger partial charge in [0, 0.05) is 31.5 Å². The van der Waals surface area contributed by atoms with Crippen molar-refractivity contribution >= 4 is 28.7 Å². The molecule has 2 N–H and O–H groups in total. The van der Waals surface area contributed by atoms with Gasteiger partial charge in [-0.15, -0.1) is 0 Å². The molecule has 1 fully saturated rings. The van der Waals surface area contributed by atoms with Crippen LogP contribution in [0, 0.1) is 0 Å². The lowest BCUT2D eigenvalue weighted by Crippen LogP contribution is -2.28. The van der Waals surface area contributed by atoms with E-state index in [2.05, 4.69) is 44.8 Å². The number of thiocarbonyl (C=S) groups is 1. The quantitative estimate of drug-likeness (QED) is 0.814. The fourth-order valence-corrected chi connectivity index (χ4v) is 2.98. The Morgan fingerprint density at radius 1 is 1.21 bits per heavy atom. The van der Waals surface area contributed by atoms with Crippen LogP contribution >= 0.6 is 12.2 Å². The van der Waals surface area contributed by atoms with Crippen LogP contribution in [0.2, 0.25) is 0 Å². The molecule has 0 bridgehead atoms. The van der Waals surface area contributed by atoms with E-state index in [0.29, 0.717) is 17.5 Å². The van der Waals surface area contributed by atoms with Gasteiger partial charge in [-0.05, 0) is 54.9 Å². The number of nitrogens with one attached hydrogen (secondary N) is 2. The van der Waals surface area contributed by atoms with E-state index in [1.165, 1.54) is 37.2 Å². The van der Waals surface area contributed by atoms with E-state index >= 15 is 0 Å². The highest BCUT2D eigenvalue weighted by atomic mass is 32.1. The van der Waals surface area contributed by atoms with Crippen LogP contribution in [0.4, 0.5) is 11.4 Å². The van der Waals surface area contributed by atoms with Gasteiger partial charge in [0.1, 0.15) is 5.69 Å². The molecule has 1 aromatic carbocycles. The second-order valence-electron chi connectivity index (χ2n) is 5.73. The van der Waals surface area contributed by atoms with Crippen molar-refractivity contribution in [3.63, 3.8) is 0 Å². The number of methoxy groups -OCH3 is 1. The minimum atomic E-state index is 0.525. The number of ether oxygens (including phenoxy) is 1. The third-order valence-electron chi connectivity index (χ3n) is 4.07. The van der Waals surface area contributed by atoms with Gasteiger partial charge in [0.05, 0.1) is 7.11 Å². The van der Waals surface area contributed by atoms with Crippen LogP contribution in [0.3, 0.4) is 0 Å². The molecule has 1 aliphatic heterocycles. The molecule has 1 aliphatic rings. The van der Waals surface area contributed by atoms with Gasteiger partial charge in [0.15, 0.2) is 5.11 Å². The Morgan fingerprint density at radius 2 is 1.96 bits per heavy atom. The molecule has 24 heavy (non-hydrogen) atoms. The lowest BCUT2D eigenvalue weighted by molar-refractivity contribution is 0.400. The zero-order valence-corrected chi connectivity index (χ0v) is 14.6. The van der Waals surface area contributed by atoms with E-state index in [0.717, 1.165) is 5.69 Å². The summed E-state index contributed by atoms with van der Waals surface area (Å²) in [5.74, 6) is 0.525. The molecule has 1 saturated heterocycles. The van der Waals surface area contributed by atoms with Crippen LogP contribution in [-0.2, 0) is 6.54 Å². The Morgan fingerprint density at radius 3 is 2.67 bits per heavy atom. The van der Waals surface area contributed by atoms with Crippen LogP contribution in [0.1, 0.15) is 18.4 Å². The van der Waals surface area contributed by atoms with Crippen LogP contribution in [0.5, 0.6) is 5.88 Å². The molecule has 126 valence electrons. The maximum atomic E-state index is 5.34. The Kier molecular flexibility index (Phi) is 5.48. The minimum Gasteiger partial charge on any atom is -0.480 e. The summed E-state index contributed by atoms with van der Waals surface area (Å²) in [5.41, 5.74) is 3.25. The fourth-order valence-electron chi connectivity index (χ4n) is 2.80. The Bertz CT molecular complexity index is 684. The van der Waals surface area contributed by atoms with Crippen molar-refractivity contribution < 1.29 is 4.74 Å². The largest absolute Gasteiger partial charge is 0.480 e. The first-order valence-electron chi connectivity index (χ1n) is 8.14. The first kappa shape index (κ1) is 16.5. The van der Waals surface area contributed by atoms with Gasteiger partial charge in [-0.2, -0.15) is 0 Å². The minimum absolute atomic E-state index is 0.525. The van der Waals surface area contributed by atoms with Crippen LogP contribution in [0.15, 0.2) is 42.6 Å². The normalized spacial score (nSPS) is 13.6. The van der Waals surface area contributed by atoms with Crippen LogP contribution in [-0.4, -0.2) is 30.3 Å². The predicted octanol–water partition coefficient (Wildman–Crippen LogP) is 3.18. The van der Waals surface area contributed by atoms with Gasteiger partial charge in [0.25, 0.3) is 0 Å². The van der Waals surface area contributed by atoms with Gasteiger partial charge in [0.2, 0.25) is 5.88 Å². The van der Waals surface area contributed by atoms with E-state index in [-0.39, 0.29) is 0 Å². The molecule has 0 radical (unpaired) electrons. The molecule has 0 aliphatic carbocycles. The third-order valence-corrected chi connectivity index (χ3v) is 4.32. The standard InChI is InChI=1S/C18H22N4OS/c1-23-17-16(5-4-10-19-17)21-18(24)20-13-14-6-8-15(9-7-14)22-11-2-3-12-22/h4-10H,2-3,11-13H2,1H3,(H2,20,21,24). The molecule has 0 saturated carbocycles. The highest BCUT2D eigenvalue weighted by Crippen LogP contribution is 2.21. The van der Waals surface area contributed by atoms with Gasteiger partial charge in [-0.1, -0.05) is 12.1 Å². The molecule has 0 unspecified atom stereocenters. The van der Waals surface area contributed by atoms with Crippen molar-refractivity contribution in [3.8, 4) is 5.88 Å². The predicted molar refractivity (Wildman–Crippen MR) is 102 cm³/mol. The zero-order chi connectivity index (χ0) is 16.8. The number of anilines is 2. The van der Waals surface area contributed by atoms with Crippen LogP contribution < -0.4 is 20.3 Å². The average molecular weight is 342 g/mol. The zero-order valence-electron chi connectivity index (χ0n) is 13.8. The highest BCUT2D eigenvalue weighted by molar-refractivity contribution is 7.80. The SMILES string of the molecule is COc1ncccc1NC(=S)NCc1ccc(N2CCCC2)cc1. The number of hydrogen-bond donors (Lipinski definition) is 2. The maximum Gasteiger partial charge on any atom is 0.237 e. The first-order valence-corrected chi connectivity index (χ1v) is 8.55. The third kappa shape index (κ3) is 4.14. The molecular weight excluding hydrogens is 320 g/mol. The number of hydrogen-bond acceptors (Lipinski definition) is 4. The van der Waals surface area contributed by atoms with Crippen molar-refractivity contribution in [2.24, 2.45) is 0 Å². The van der Waals surface area contributed by atoms with E-state index < -0.39 is 0 Å². The van der Waals surface area contributed by atoms with E-state index in [1.54, 1.807) is 13.3 Å². The Hall–Kier alpha value is -2.34. The van der Waals surface area contributed by atoms with Crippen molar-refractivity contribution in [1.29, 1.82) is 0 Å². The second kappa shape index (κ2) is 7.97. The maximum absolute atomic E-state index is 5.34. The summed E-state index contributed by atoms with van der Waals surface area (Å²) in [5, 5.41) is 6.87. The number of aromatic nitrogens is 1. The Balaban J connectivity index is 1.52. The van der Waals surface area contributed by atoms with Gasteiger partial charge < -0.3 is 20.3 Å². The summed E-state index contributed by atoms with van der Waals surface area (Å²) in [7, 11) is 1.59. The number of rotatable bonds is 5. The lowest BCUT2D eigenvalue weighted by atomic mass is 10.2. The van der Waals surface area contributed by atoms with Gasteiger partial charge >= 0.3 is 0 Å². The molecular formula is C18H22N4OS. The number of pyridine rings is 1. The summed E-state index contributed by atoms with van der Waals surface area (Å²) < 4.78 is 5.21. The molecule has 6 heteroatoms. The van der Waals surface area contributed by atoms with Crippen molar-refractivity contribution in [1.82, 2.24) is 10.3 Å². The molecule has 0 atom stereocenters. The molecule has 0 spiro atoms. The van der Waals surface area contributed by atoms with Gasteiger partial charge in [-0.25, -0.2) is 4.98 Å². The summed E-state index contributed by atoms with van der Waals surface area (Å²) in [6.07, 6.45) is 4.27. The van der Waals surface area contributed by atoms with E-state index in [1.807, 2.05) is 12.1 Å². The second-order valence-corrected chi connectivity index (χ2v) is 6.14. The summed E-state index contributed by atoms with van der Waals surface area (Å²) in [6, 6.07) is 12.4. The fraction of sp³-hybridized carbons (Fsp3) is 0.333. The smallest absolute Gasteiger partial charge is 0.237 e. The van der Waals surface area contributed by atoms with Crippen molar-refractivity contribution in [3.05, 3.63) is 48.2 Å². The first-order chi connectivity index (χ1) is 11.8. The van der Waals surface area contributed by atoms with E-state index in [9.17, 15) is 0 Å². The van der Waals surface area contributed by atoms with Crippen molar-refractivity contribution in [2.75, 3.05) is 30.4 Å². The van der Waals surface area contributed by atoms with Gasteiger partial charge in [-0.3, -0.25) is 0 Å². The molecule has 2 aromatic rings. The monoisotopic (exact) mass is 342 g/mol. The molecule has 1 aromatic heterocycles.